The van der Waals surface area contributed by atoms with Crippen LogP contribution in [0.15, 0.2) is 212 Å². The first-order chi connectivity index (χ1) is 67.2. The molecule has 15 N–H and O–H groups in total. The molecule has 6 heterocycles. The summed E-state index contributed by atoms with van der Waals surface area (Å²) in [7, 11) is 0. The molecule has 18 rings (SSSR count). The molecule has 6 aromatic carbocycles. The molecule has 0 atom stereocenters. The van der Waals surface area contributed by atoms with E-state index in [-0.39, 0.29) is 173 Å². The van der Waals surface area contributed by atoms with Crippen LogP contribution in [0.2, 0.25) is 0 Å². The van der Waals surface area contributed by atoms with Crippen molar-refractivity contribution in [1.29, 1.82) is 0 Å². The summed E-state index contributed by atoms with van der Waals surface area (Å²) in [6, 6.07) is 57.5. The van der Waals surface area contributed by atoms with Crippen LogP contribution in [0.1, 0.15) is 251 Å². The van der Waals surface area contributed by atoms with Crippen LogP contribution in [0.5, 0.6) is 0 Å². The van der Waals surface area contributed by atoms with E-state index < -0.39 is 28.7 Å². The third-order valence-electron chi connectivity index (χ3n) is 22.5. The van der Waals surface area contributed by atoms with Crippen molar-refractivity contribution in [2.45, 2.75) is 226 Å². The Morgan fingerprint density at radius 1 is 0.387 bits per heavy atom. The molecular formula is C104H126N12O26. The zero-order chi connectivity index (χ0) is 104. The molecule has 6 saturated carbocycles. The number of fused-ring (bicyclic) bond motifs is 2. The highest BCUT2D eigenvalue weighted by Crippen LogP contribution is 2.40. The number of aromatic nitrogens is 4. The number of carbonyl (C=O) groups excluding carboxylic acids is 11. The van der Waals surface area contributed by atoms with Gasteiger partial charge in [-0.05, 0) is 197 Å². The Morgan fingerprint density at radius 2 is 0.648 bits per heavy atom. The number of nitrogens with zero attached hydrogens (tertiary/aromatic N) is 5. The molecule has 4 aromatic heterocycles. The van der Waals surface area contributed by atoms with Crippen molar-refractivity contribution >= 4 is 77.2 Å². The summed E-state index contributed by atoms with van der Waals surface area (Å²) >= 11 is 0. The molecule has 142 heavy (non-hydrogen) atoms. The topological polar surface area (TPSA) is 594 Å². The highest BCUT2D eigenvalue weighted by Gasteiger charge is 2.49. The summed E-state index contributed by atoms with van der Waals surface area (Å²) in [5.74, 6) is 3.24. The van der Waals surface area contributed by atoms with Crippen LogP contribution in [-0.4, -0.2) is 200 Å². The van der Waals surface area contributed by atoms with E-state index in [4.69, 9.17) is 63.8 Å². The summed E-state index contributed by atoms with van der Waals surface area (Å²) in [5.41, 5.74) is 11.5. The number of aliphatic hydroxyl groups excluding tert-OH is 3. The molecule has 10 aromatic rings. The standard InChI is InChI=1S/C19H22N2O4.C17H19NO4.C15H14N2O4.C15H16N2O3.C10H7NO3.C9H17NO2.C9H16O3.C8H5NO2.C2H6O.H4N2/c1-19(2,3)24-18(23)13-9-14(10-13)20-17(22)16-11-15(21-25-16)12-7-5-4-6-8-12;1-17(2,3)22-16(21)10-8-11(9-10)18-14(19)12-6-4-5-7-13(12)15(18)20;18-14(16-11-6-10(7-11)15(19)20)13-8-12(17-21-13)9-4-2-1-3-5-9;18-9-10-6-12(7-10)16-15(19)14-8-13(17-20-14)11-4-2-1-3-5-11;12-10(13)9-6-8(11-14-9)7-4-2-1-3-5-7;2*1-9(2,3)12-8(11)6-4-7(10)5-6;10-7-5-3-1-2-4-6(5)8(11)9-7;1-2-3;1-2/h4-8,11,13-14H,9-10H2,1-3H3,(H,20,22);4-7,10-11H,8-9H2,1-3H3;1-5,8,10-11H,6-7H2,(H,16,18)(H,19,20);1-5,8,10,12,18H,6-7,9H2,(H,16,19);1-6H,(H,12,13);6-7H,4-5,10H2,1-3H3;6-7,10H,4-5H2,1-3H3;1-4H,(H,9,10,11);3H,2H2,1H3;1-2H2. The second-order valence-corrected chi connectivity index (χ2v) is 38.7. The number of hydrogen-bond acceptors (Lipinski definition) is 31. The van der Waals surface area contributed by atoms with Crippen molar-refractivity contribution in [3.8, 4) is 45.0 Å². The van der Waals surface area contributed by atoms with Crippen molar-refractivity contribution in [3.63, 3.8) is 0 Å². The number of hydrazine groups is 1. The van der Waals surface area contributed by atoms with Crippen LogP contribution in [-0.2, 0) is 42.9 Å². The summed E-state index contributed by atoms with van der Waals surface area (Å²) in [6.45, 7) is 24.3. The molecule has 38 heteroatoms. The van der Waals surface area contributed by atoms with E-state index in [1.807, 2.05) is 204 Å². The second-order valence-electron chi connectivity index (χ2n) is 38.7. The smallest absolute Gasteiger partial charge is 0.374 e. The van der Waals surface area contributed by atoms with Gasteiger partial charge in [-0.15, -0.1) is 0 Å². The number of carboxylic acid groups (broad SMARTS) is 2. The number of amides is 7. The van der Waals surface area contributed by atoms with Crippen LogP contribution in [0, 0.1) is 35.5 Å². The number of benzene rings is 6. The predicted octanol–water partition coefficient (Wildman–Crippen LogP) is 13.0. The molecule has 0 saturated heterocycles. The van der Waals surface area contributed by atoms with Gasteiger partial charge in [-0.1, -0.05) is 166 Å². The molecule has 6 fully saturated rings. The Bertz CT molecular complexity index is 5790. The van der Waals surface area contributed by atoms with Crippen LogP contribution >= 0.6 is 0 Å². The van der Waals surface area contributed by atoms with Gasteiger partial charge < -0.3 is 84.3 Å². The van der Waals surface area contributed by atoms with Gasteiger partial charge in [0, 0.05) is 89.9 Å². The van der Waals surface area contributed by atoms with Crippen molar-refractivity contribution in [3.05, 3.63) is 239 Å². The SMILES string of the molecule is CC(C)(C)OC(=O)C1CC(N)C1.CC(C)(C)OC(=O)C1CC(N2C(=O)c3ccccc3C2=O)C1.CC(C)(C)OC(=O)C1CC(NC(=O)c2cc(-c3ccccc3)no2)C1.CC(C)(C)OC(=O)C1CC(O)C1.CCO.NN.O=C(NC1CC(C(=O)O)C1)c1cc(-c2ccccc2)no1.O=C(NC1CC(CO)C1)c1cc(-c2ccccc2)no1.O=C(O)c1cc(-c2ccccc2)no1.O=C1NC(=O)c2ccccc21. The number of nitrogens with two attached hydrogens (primary N) is 3. The number of nitrogens with one attached hydrogen (secondary N) is 4. The quantitative estimate of drug-likeness (QED) is 0.0125. The number of aromatic carboxylic acids is 1. The van der Waals surface area contributed by atoms with Crippen molar-refractivity contribution in [2.75, 3.05) is 13.2 Å². The summed E-state index contributed by atoms with van der Waals surface area (Å²) in [5, 5.41) is 68.9. The summed E-state index contributed by atoms with van der Waals surface area (Å²) < 4.78 is 40.9. The fourth-order valence-electron chi connectivity index (χ4n) is 15.0. The van der Waals surface area contributed by atoms with Crippen LogP contribution in [0.3, 0.4) is 0 Å². The first-order valence-electron chi connectivity index (χ1n) is 46.5. The Morgan fingerprint density at radius 3 is 0.923 bits per heavy atom. The van der Waals surface area contributed by atoms with Gasteiger partial charge in [0.2, 0.25) is 23.0 Å². The number of carbonyl (C=O) groups is 13. The van der Waals surface area contributed by atoms with Gasteiger partial charge >= 0.3 is 35.8 Å². The molecule has 0 unspecified atom stereocenters. The van der Waals surface area contributed by atoms with E-state index in [2.05, 4.69) is 58.1 Å². The molecule has 758 valence electrons. The third kappa shape index (κ3) is 33.3. The Balaban J connectivity index is 0.000000182. The molecule has 6 aliphatic carbocycles. The summed E-state index contributed by atoms with van der Waals surface area (Å²) in [4.78, 5) is 152. The highest BCUT2D eigenvalue weighted by molar-refractivity contribution is 6.22. The molecule has 2 aliphatic heterocycles. The maximum Gasteiger partial charge on any atom is 0.374 e. The van der Waals surface area contributed by atoms with E-state index >= 15 is 0 Å². The van der Waals surface area contributed by atoms with E-state index in [1.54, 1.807) is 73.7 Å². The lowest BCUT2D eigenvalue weighted by Gasteiger charge is -2.39. The normalized spacial score (nSPS) is 20.5. The van der Waals surface area contributed by atoms with E-state index in [0.29, 0.717) is 102 Å². The number of aliphatic carboxylic acids is 1. The zero-order valence-corrected chi connectivity index (χ0v) is 81.6. The number of imide groups is 2. The first kappa shape index (κ1) is 111. The monoisotopic (exact) mass is 1960 g/mol. The van der Waals surface area contributed by atoms with Gasteiger partial charge in [-0.2, -0.15) is 0 Å². The Hall–Kier alpha value is -14.6. The number of ether oxygens (including phenoxy) is 4. The van der Waals surface area contributed by atoms with Crippen molar-refractivity contribution in [1.82, 2.24) is 46.8 Å². The lowest BCUT2D eigenvalue weighted by atomic mass is 9.79. The van der Waals surface area contributed by atoms with Gasteiger partial charge in [-0.25, -0.2) is 4.79 Å². The number of rotatable bonds is 18. The van der Waals surface area contributed by atoms with Crippen LogP contribution < -0.4 is 38.7 Å². The van der Waals surface area contributed by atoms with Gasteiger partial charge in [0.15, 0.2) is 0 Å². The Kier molecular flexibility index (Phi) is 39.9. The highest BCUT2D eigenvalue weighted by atomic mass is 16.6. The molecule has 7 amide bonds. The lowest BCUT2D eigenvalue weighted by molar-refractivity contribution is -0.167. The fraction of sp³-hybridized carbons (Fsp3) is 0.413. The van der Waals surface area contributed by atoms with Gasteiger partial charge in [0.05, 0.1) is 57.9 Å². The first-order valence-corrected chi connectivity index (χ1v) is 46.5. The summed E-state index contributed by atoms with van der Waals surface area (Å²) in [6.07, 6.45) is 7.11. The predicted molar refractivity (Wildman–Crippen MR) is 517 cm³/mol. The number of hydrogen-bond donors (Lipinski definition) is 12. The average molecular weight is 1960 g/mol. The van der Waals surface area contributed by atoms with E-state index in [1.165, 1.54) is 11.0 Å². The van der Waals surface area contributed by atoms with Gasteiger partial charge in [0.25, 0.3) is 41.4 Å². The van der Waals surface area contributed by atoms with Crippen molar-refractivity contribution < 1.29 is 125 Å². The van der Waals surface area contributed by atoms with Crippen molar-refractivity contribution in [2.24, 2.45) is 52.9 Å². The number of carboxylic acids is 2. The lowest BCUT2D eigenvalue weighted by Crippen LogP contribution is -2.50. The maximum atomic E-state index is 12.3. The minimum absolute atomic E-state index is 0.0460. The van der Waals surface area contributed by atoms with Crippen LogP contribution in [0.25, 0.3) is 45.0 Å². The second kappa shape index (κ2) is 51.0. The molecule has 0 spiro atoms. The molecule has 38 nitrogen and oxygen atoms in total. The minimum atomic E-state index is -1.11. The largest absolute Gasteiger partial charge is 0.481 e. The average Bonchev–Trinajstić information content (AvgIpc) is 1.60. The van der Waals surface area contributed by atoms with E-state index in [9.17, 15) is 62.3 Å². The third-order valence-corrected chi connectivity index (χ3v) is 22.5. The van der Waals surface area contributed by atoms with E-state index in [0.717, 1.165) is 47.9 Å². The maximum absolute atomic E-state index is 12.3. The van der Waals surface area contributed by atoms with Crippen LogP contribution in [0.4, 0.5) is 0 Å². The minimum Gasteiger partial charge on any atom is -0.481 e. The Labute approximate surface area is 821 Å². The fourth-order valence-corrected chi connectivity index (χ4v) is 15.0. The molecular weight excluding hydrogens is 1830 g/mol. The van der Waals surface area contributed by atoms with Gasteiger partial charge in [-0.3, -0.25) is 79.4 Å². The number of aliphatic hydroxyl groups is 3. The number of esters is 4. The molecule has 0 radical (unpaired) electrons. The van der Waals surface area contributed by atoms with Gasteiger partial charge in [0.1, 0.15) is 45.2 Å². The zero-order valence-electron chi connectivity index (χ0n) is 81.6. The molecule has 0 bridgehead atoms. The molecule has 8 aliphatic rings.